The summed E-state index contributed by atoms with van der Waals surface area (Å²) in [6.45, 7) is 1.28. The zero-order valence-electron chi connectivity index (χ0n) is 17.7. The third-order valence-corrected chi connectivity index (χ3v) is 6.86. The Morgan fingerprint density at radius 1 is 1.03 bits per heavy atom. The number of sulfonamides is 1. The van der Waals surface area contributed by atoms with Crippen LogP contribution in [0.1, 0.15) is 11.7 Å². The number of nitrogens with one attached hydrogen (secondary N) is 3. The maximum absolute atomic E-state index is 11.5. The predicted octanol–water partition coefficient (Wildman–Crippen LogP) is 4.92. The van der Waals surface area contributed by atoms with Crippen molar-refractivity contribution in [3.63, 3.8) is 0 Å². The number of benzene rings is 3. The molecule has 174 valence electrons. The third kappa shape index (κ3) is 6.07. The highest BCUT2D eigenvalue weighted by Gasteiger charge is 2.12. The van der Waals surface area contributed by atoms with E-state index in [1.807, 2.05) is 24.3 Å². The molecule has 0 aliphatic heterocycles. The number of halogens is 2. The lowest BCUT2D eigenvalue weighted by Gasteiger charge is -2.15. The molecule has 4 N–H and O–H groups in total. The SMILES string of the molecule is CS(=O)(=O)Nc1cc(C(O)CNCCOc2ccc3c(c2)[nH]c2cc(Br)ccc23)ccc1Br. The van der Waals surface area contributed by atoms with E-state index in [2.05, 4.69) is 59.0 Å². The van der Waals surface area contributed by atoms with E-state index in [0.29, 0.717) is 35.4 Å². The van der Waals surface area contributed by atoms with Crippen LogP contribution in [0, 0.1) is 0 Å². The first kappa shape index (κ1) is 24.0. The van der Waals surface area contributed by atoms with Crippen molar-refractivity contribution in [1.82, 2.24) is 10.3 Å². The lowest BCUT2D eigenvalue weighted by Crippen LogP contribution is -2.26. The van der Waals surface area contributed by atoms with Gasteiger partial charge < -0.3 is 20.1 Å². The fraction of sp³-hybridized carbons (Fsp3) is 0.217. The summed E-state index contributed by atoms with van der Waals surface area (Å²) in [6.07, 6.45) is 0.291. The van der Waals surface area contributed by atoms with Gasteiger partial charge in [-0.05, 0) is 57.9 Å². The quantitative estimate of drug-likeness (QED) is 0.205. The second-order valence-corrected chi connectivity index (χ2v) is 11.2. The highest BCUT2D eigenvalue weighted by molar-refractivity contribution is 9.10. The van der Waals surface area contributed by atoms with E-state index in [-0.39, 0.29) is 0 Å². The van der Waals surface area contributed by atoms with Gasteiger partial charge >= 0.3 is 0 Å². The Bertz CT molecular complexity index is 1410. The van der Waals surface area contributed by atoms with Crippen LogP contribution in [0.4, 0.5) is 5.69 Å². The highest BCUT2D eigenvalue weighted by Crippen LogP contribution is 2.30. The minimum Gasteiger partial charge on any atom is -0.492 e. The lowest BCUT2D eigenvalue weighted by molar-refractivity contribution is 0.172. The van der Waals surface area contributed by atoms with Gasteiger partial charge in [-0.3, -0.25) is 4.72 Å². The number of hydrogen-bond donors (Lipinski definition) is 4. The smallest absolute Gasteiger partial charge is 0.229 e. The van der Waals surface area contributed by atoms with Gasteiger partial charge in [0.2, 0.25) is 10.0 Å². The molecule has 4 rings (SSSR count). The van der Waals surface area contributed by atoms with Gasteiger partial charge in [0.25, 0.3) is 0 Å². The normalized spacial score (nSPS) is 12.8. The Balaban J connectivity index is 1.30. The van der Waals surface area contributed by atoms with E-state index in [9.17, 15) is 13.5 Å². The molecular weight excluding hydrogens is 574 g/mol. The van der Waals surface area contributed by atoms with Crippen molar-refractivity contribution < 1.29 is 18.3 Å². The van der Waals surface area contributed by atoms with Gasteiger partial charge in [-0.1, -0.05) is 28.1 Å². The molecule has 0 amide bonds. The molecule has 7 nitrogen and oxygen atoms in total. The molecule has 10 heteroatoms. The average molecular weight is 597 g/mol. The Labute approximate surface area is 208 Å². The number of aliphatic hydroxyl groups excluding tert-OH is 1. The van der Waals surface area contributed by atoms with Crippen molar-refractivity contribution in [3.8, 4) is 5.75 Å². The standard InChI is InChI=1S/C23H23Br2N3O4S/c1-33(30,31)28-22-10-14(2-7-19(22)25)23(29)13-26-8-9-32-16-4-6-18-17-5-3-15(24)11-20(17)27-21(18)12-16/h2-7,10-12,23,26-29H,8-9,13H2,1H3. The van der Waals surface area contributed by atoms with Gasteiger partial charge in [-0.2, -0.15) is 0 Å². The maximum atomic E-state index is 11.5. The molecular formula is C23H23Br2N3O4S. The predicted molar refractivity (Wildman–Crippen MR) is 139 cm³/mol. The van der Waals surface area contributed by atoms with Crippen molar-refractivity contribution in [2.24, 2.45) is 0 Å². The maximum Gasteiger partial charge on any atom is 0.229 e. The molecule has 0 aliphatic rings. The second kappa shape index (κ2) is 10.0. The molecule has 1 heterocycles. The summed E-state index contributed by atoms with van der Waals surface area (Å²) in [5.74, 6) is 0.764. The van der Waals surface area contributed by atoms with Gasteiger partial charge in [0.15, 0.2) is 0 Å². The number of anilines is 1. The zero-order chi connectivity index (χ0) is 23.6. The molecule has 0 aliphatic carbocycles. The first-order chi connectivity index (χ1) is 15.7. The van der Waals surface area contributed by atoms with E-state index in [1.165, 1.54) is 5.39 Å². The van der Waals surface area contributed by atoms with Crippen molar-refractivity contribution >= 4 is 69.4 Å². The molecule has 0 spiro atoms. The van der Waals surface area contributed by atoms with Crippen molar-refractivity contribution in [2.75, 3.05) is 30.7 Å². The molecule has 0 saturated heterocycles. The van der Waals surface area contributed by atoms with Gasteiger partial charge in [0.1, 0.15) is 12.4 Å². The van der Waals surface area contributed by atoms with Crippen LogP contribution in [-0.4, -0.2) is 44.5 Å². The van der Waals surface area contributed by atoms with Crippen molar-refractivity contribution in [3.05, 3.63) is 69.1 Å². The summed E-state index contributed by atoms with van der Waals surface area (Å²) in [5.41, 5.74) is 3.07. The number of fused-ring (bicyclic) bond motifs is 3. The molecule has 1 atom stereocenters. The summed E-state index contributed by atoms with van der Waals surface area (Å²) in [7, 11) is -3.41. The monoisotopic (exact) mass is 595 g/mol. The van der Waals surface area contributed by atoms with E-state index < -0.39 is 16.1 Å². The first-order valence-electron chi connectivity index (χ1n) is 10.2. The molecule has 0 fully saturated rings. The summed E-state index contributed by atoms with van der Waals surface area (Å²) in [5, 5.41) is 15.9. The summed E-state index contributed by atoms with van der Waals surface area (Å²) in [4.78, 5) is 3.41. The van der Waals surface area contributed by atoms with Crippen LogP contribution in [0.2, 0.25) is 0 Å². The van der Waals surface area contributed by atoms with E-state index in [1.54, 1.807) is 18.2 Å². The number of rotatable bonds is 9. The van der Waals surface area contributed by atoms with Crippen LogP contribution in [0.5, 0.6) is 5.75 Å². The lowest BCUT2D eigenvalue weighted by atomic mass is 10.1. The van der Waals surface area contributed by atoms with Gasteiger partial charge in [0.05, 0.1) is 23.6 Å². The topological polar surface area (TPSA) is 103 Å². The molecule has 4 aromatic rings. The van der Waals surface area contributed by atoms with E-state index >= 15 is 0 Å². The number of aromatic nitrogens is 1. The van der Waals surface area contributed by atoms with E-state index in [4.69, 9.17) is 4.74 Å². The number of aliphatic hydroxyl groups is 1. The molecule has 0 saturated carbocycles. The van der Waals surface area contributed by atoms with Crippen LogP contribution >= 0.6 is 31.9 Å². The molecule has 3 aromatic carbocycles. The Morgan fingerprint density at radius 2 is 1.76 bits per heavy atom. The fourth-order valence-electron chi connectivity index (χ4n) is 3.58. The Hall–Kier alpha value is -2.11. The van der Waals surface area contributed by atoms with Gasteiger partial charge in [-0.25, -0.2) is 8.42 Å². The molecule has 0 radical (unpaired) electrons. The molecule has 33 heavy (non-hydrogen) atoms. The Morgan fingerprint density at radius 3 is 2.52 bits per heavy atom. The van der Waals surface area contributed by atoms with Gasteiger partial charge in [0, 0.05) is 44.4 Å². The minimum atomic E-state index is -3.41. The van der Waals surface area contributed by atoms with Gasteiger partial charge in [-0.15, -0.1) is 0 Å². The summed E-state index contributed by atoms with van der Waals surface area (Å²) in [6, 6.07) is 17.2. The van der Waals surface area contributed by atoms with Crippen LogP contribution < -0.4 is 14.8 Å². The number of hydrogen-bond acceptors (Lipinski definition) is 5. The number of ether oxygens (including phenoxy) is 1. The van der Waals surface area contributed by atoms with Crippen LogP contribution in [0.25, 0.3) is 21.8 Å². The number of H-pyrrole nitrogens is 1. The Kier molecular flexibility index (Phi) is 7.30. The molecule has 1 unspecified atom stereocenters. The highest BCUT2D eigenvalue weighted by atomic mass is 79.9. The van der Waals surface area contributed by atoms with Crippen molar-refractivity contribution in [2.45, 2.75) is 6.10 Å². The molecule has 1 aromatic heterocycles. The third-order valence-electron chi connectivity index (χ3n) is 5.09. The van der Waals surface area contributed by atoms with Crippen LogP contribution in [0.3, 0.4) is 0 Å². The summed E-state index contributed by atoms with van der Waals surface area (Å²) < 4.78 is 32.9. The van der Waals surface area contributed by atoms with E-state index in [0.717, 1.165) is 32.9 Å². The largest absolute Gasteiger partial charge is 0.492 e. The zero-order valence-corrected chi connectivity index (χ0v) is 21.7. The number of aromatic amines is 1. The van der Waals surface area contributed by atoms with Crippen LogP contribution in [0.15, 0.2) is 63.5 Å². The average Bonchev–Trinajstić information content (AvgIpc) is 3.10. The second-order valence-electron chi connectivity index (χ2n) is 7.70. The van der Waals surface area contributed by atoms with Crippen molar-refractivity contribution in [1.29, 1.82) is 0 Å². The van der Waals surface area contributed by atoms with Crippen LogP contribution in [-0.2, 0) is 10.0 Å². The summed E-state index contributed by atoms with van der Waals surface area (Å²) >= 11 is 6.81. The fourth-order valence-corrected chi connectivity index (χ4v) is 4.98. The molecule has 0 bridgehead atoms. The first-order valence-corrected chi connectivity index (χ1v) is 13.7. The minimum absolute atomic E-state index is 0.305.